The van der Waals surface area contributed by atoms with Crippen LogP contribution < -0.4 is 5.73 Å². The van der Waals surface area contributed by atoms with E-state index in [-0.39, 0.29) is 0 Å². The van der Waals surface area contributed by atoms with Crippen LogP contribution in [-0.2, 0) is 7.05 Å². The summed E-state index contributed by atoms with van der Waals surface area (Å²) >= 11 is 0. The van der Waals surface area contributed by atoms with Crippen LogP contribution >= 0.6 is 0 Å². The van der Waals surface area contributed by atoms with Crippen molar-refractivity contribution in [3.8, 4) is 6.07 Å². The van der Waals surface area contributed by atoms with Gasteiger partial charge in [-0.3, -0.25) is 0 Å². The van der Waals surface area contributed by atoms with E-state index in [2.05, 4.69) is 6.07 Å². The summed E-state index contributed by atoms with van der Waals surface area (Å²) in [7, 11) is 1.89. The summed E-state index contributed by atoms with van der Waals surface area (Å²) in [5, 5.41) is 9.76. The summed E-state index contributed by atoms with van der Waals surface area (Å²) in [6, 6.07) is 7.75. The van der Waals surface area contributed by atoms with E-state index in [0.717, 1.165) is 10.9 Å². The number of hydrogen-bond donors (Lipinski definition) is 1. The summed E-state index contributed by atoms with van der Waals surface area (Å²) in [4.78, 5) is 0. The molecule has 0 spiro atoms. The SMILES string of the molecule is Cn1cc(C#N)c2cccc(N)c21. The molecule has 1 heterocycles. The molecule has 0 saturated heterocycles. The zero-order chi connectivity index (χ0) is 9.42. The molecular weight excluding hydrogens is 162 g/mol. The summed E-state index contributed by atoms with van der Waals surface area (Å²) < 4.78 is 1.88. The molecule has 0 fully saturated rings. The third kappa shape index (κ3) is 0.960. The Morgan fingerprint density at radius 3 is 2.92 bits per heavy atom. The van der Waals surface area contributed by atoms with Gasteiger partial charge in [-0.1, -0.05) is 12.1 Å². The second kappa shape index (κ2) is 2.53. The Bertz CT molecular complexity index is 503. The summed E-state index contributed by atoms with van der Waals surface area (Å²) in [5.74, 6) is 0. The molecule has 1 aromatic heterocycles. The van der Waals surface area contributed by atoms with Crippen molar-refractivity contribution in [3.05, 3.63) is 30.0 Å². The van der Waals surface area contributed by atoms with E-state index in [9.17, 15) is 0 Å². The Hall–Kier alpha value is -1.95. The molecule has 2 rings (SSSR count). The normalized spacial score (nSPS) is 10.2. The van der Waals surface area contributed by atoms with Crippen molar-refractivity contribution in [1.82, 2.24) is 4.57 Å². The number of anilines is 1. The first-order valence-corrected chi connectivity index (χ1v) is 3.97. The number of aryl methyl sites for hydroxylation is 1. The van der Waals surface area contributed by atoms with Gasteiger partial charge in [0.2, 0.25) is 0 Å². The quantitative estimate of drug-likeness (QED) is 0.612. The van der Waals surface area contributed by atoms with Crippen molar-refractivity contribution in [1.29, 1.82) is 5.26 Å². The fourth-order valence-electron chi connectivity index (χ4n) is 1.59. The average molecular weight is 171 g/mol. The molecule has 3 heteroatoms. The van der Waals surface area contributed by atoms with Gasteiger partial charge in [-0.05, 0) is 6.07 Å². The highest BCUT2D eigenvalue weighted by Gasteiger charge is 2.07. The topological polar surface area (TPSA) is 54.7 Å². The van der Waals surface area contributed by atoms with Gasteiger partial charge in [-0.25, -0.2) is 0 Å². The molecule has 0 saturated carbocycles. The highest BCUT2D eigenvalue weighted by molar-refractivity contribution is 5.94. The monoisotopic (exact) mass is 171 g/mol. The molecule has 1 aromatic carbocycles. The van der Waals surface area contributed by atoms with Gasteiger partial charge in [0.05, 0.1) is 16.8 Å². The fraction of sp³-hybridized carbons (Fsp3) is 0.100. The van der Waals surface area contributed by atoms with E-state index in [1.54, 1.807) is 6.20 Å². The van der Waals surface area contributed by atoms with Crippen molar-refractivity contribution in [2.75, 3.05) is 5.73 Å². The van der Waals surface area contributed by atoms with E-state index in [0.29, 0.717) is 11.3 Å². The lowest BCUT2D eigenvalue weighted by Crippen LogP contribution is -1.91. The molecule has 0 aliphatic carbocycles. The Morgan fingerprint density at radius 1 is 1.46 bits per heavy atom. The zero-order valence-electron chi connectivity index (χ0n) is 7.28. The predicted molar refractivity (Wildman–Crippen MR) is 52.0 cm³/mol. The molecule has 3 nitrogen and oxygen atoms in total. The van der Waals surface area contributed by atoms with Crippen LogP contribution in [0.1, 0.15) is 5.56 Å². The molecule has 0 unspecified atom stereocenters. The molecule has 0 radical (unpaired) electrons. The number of para-hydroxylation sites is 1. The van der Waals surface area contributed by atoms with E-state index in [1.165, 1.54) is 0 Å². The van der Waals surface area contributed by atoms with Crippen LogP contribution in [-0.4, -0.2) is 4.57 Å². The number of hydrogen-bond acceptors (Lipinski definition) is 2. The highest BCUT2D eigenvalue weighted by Crippen LogP contribution is 2.24. The van der Waals surface area contributed by atoms with Crippen molar-refractivity contribution in [2.24, 2.45) is 7.05 Å². The Kier molecular flexibility index (Phi) is 1.49. The first kappa shape index (κ1) is 7.69. The maximum atomic E-state index is 8.84. The minimum Gasteiger partial charge on any atom is -0.397 e. The molecular formula is C10H9N3. The molecule has 2 aromatic rings. The lowest BCUT2D eigenvalue weighted by Gasteiger charge is -1.98. The molecule has 0 atom stereocenters. The number of fused-ring (bicyclic) bond motifs is 1. The van der Waals surface area contributed by atoms with Crippen LogP contribution in [0.3, 0.4) is 0 Å². The van der Waals surface area contributed by atoms with Crippen LogP contribution in [0.25, 0.3) is 10.9 Å². The van der Waals surface area contributed by atoms with Crippen LogP contribution in [0.2, 0.25) is 0 Å². The van der Waals surface area contributed by atoms with Crippen LogP contribution in [0.4, 0.5) is 5.69 Å². The number of nitrogens with two attached hydrogens (primary N) is 1. The molecule has 0 aliphatic rings. The first-order valence-electron chi connectivity index (χ1n) is 3.97. The van der Waals surface area contributed by atoms with E-state index >= 15 is 0 Å². The highest BCUT2D eigenvalue weighted by atomic mass is 14.9. The Balaban J connectivity index is 2.98. The summed E-state index contributed by atoms with van der Waals surface area (Å²) in [6.07, 6.45) is 1.79. The van der Waals surface area contributed by atoms with E-state index < -0.39 is 0 Å². The maximum absolute atomic E-state index is 8.84. The second-order valence-electron chi connectivity index (χ2n) is 3.01. The van der Waals surface area contributed by atoms with Gasteiger partial charge in [-0.15, -0.1) is 0 Å². The number of aromatic nitrogens is 1. The van der Waals surface area contributed by atoms with Gasteiger partial charge in [0.25, 0.3) is 0 Å². The lowest BCUT2D eigenvalue weighted by atomic mass is 10.2. The molecule has 0 amide bonds. The van der Waals surface area contributed by atoms with Crippen molar-refractivity contribution in [3.63, 3.8) is 0 Å². The largest absolute Gasteiger partial charge is 0.397 e. The first-order chi connectivity index (χ1) is 6.24. The van der Waals surface area contributed by atoms with Gasteiger partial charge < -0.3 is 10.3 Å². The molecule has 2 N–H and O–H groups in total. The van der Waals surface area contributed by atoms with E-state index in [1.807, 2.05) is 29.8 Å². The minimum absolute atomic E-state index is 0.671. The van der Waals surface area contributed by atoms with E-state index in [4.69, 9.17) is 11.0 Å². The summed E-state index contributed by atoms with van der Waals surface area (Å²) in [6.45, 7) is 0. The van der Waals surface area contributed by atoms with Crippen molar-refractivity contribution >= 4 is 16.6 Å². The predicted octanol–water partition coefficient (Wildman–Crippen LogP) is 1.63. The number of benzene rings is 1. The third-order valence-electron chi connectivity index (χ3n) is 2.15. The number of rotatable bonds is 0. The van der Waals surface area contributed by atoms with Crippen molar-refractivity contribution < 1.29 is 0 Å². The minimum atomic E-state index is 0.671. The number of nitrogens with zero attached hydrogens (tertiary/aromatic N) is 2. The van der Waals surface area contributed by atoms with Gasteiger partial charge in [-0.2, -0.15) is 5.26 Å². The summed E-state index contributed by atoms with van der Waals surface area (Å²) in [5.41, 5.74) is 8.11. The Morgan fingerprint density at radius 2 is 2.23 bits per heavy atom. The van der Waals surface area contributed by atoms with Crippen molar-refractivity contribution in [2.45, 2.75) is 0 Å². The van der Waals surface area contributed by atoms with Gasteiger partial charge in [0.1, 0.15) is 6.07 Å². The maximum Gasteiger partial charge on any atom is 0.101 e. The van der Waals surface area contributed by atoms with Gasteiger partial charge >= 0.3 is 0 Å². The fourth-order valence-corrected chi connectivity index (χ4v) is 1.59. The van der Waals surface area contributed by atoms with Crippen LogP contribution in [0.5, 0.6) is 0 Å². The van der Waals surface area contributed by atoms with Crippen LogP contribution in [0.15, 0.2) is 24.4 Å². The Labute approximate surface area is 76.0 Å². The average Bonchev–Trinajstić information content (AvgIpc) is 2.44. The van der Waals surface area contributed by atoms with Gasteiger partial charge in [0, 0.05) is 18.6 Å². The standard InChI is InChI=1S/C10H9N3/c1-13-6-7(5-11)8-3-2-4-9(12)10(8)13/h2-4,6H,12H2,1H3. The molecule has 0 aliphatic heterocycles. The molecule has 13 heavy (non-hydrogen) atoms. The van der Waals surface area contributed by atoms with Crippen LogP contribution in [0, 0.1) is 11.3 Å². The number of nitrogen functional groups attached to an aromatic ring is 1. The lowest BCUT2D eigenvalue weighted by molar-refractivity contribution is 0.968. The smallest absolute Gasteiger partial charge is 0.101 e. The zero-order valence-corrected chi connectivity index (χ0v) is 7.28. The van der Waals surface area contributed by atoms with Gasteiger partial charge in [0.15, 0.2) is 0 Å². The molecule has 0 bridgehead atoms. The number of nitriles is 1. The third-order valence-corrected chi connectivity index (χ3v) is 2.15. The second-order valence-corrected chi connectivity index (χ2v) is 3.01. The molecule has 64 valence electrons.